The summed E-state index contributed by atoms with van der Waals surface area (Å²) in [6.07, 6.45) is 20.9. The molecule has 0 amide bonds. The number of aromatic nitrogens is 4. The van der Waals surface area contributed by atoms with E-state index in [0.717, 1.165) is 139 Å². The summed E-state index contributed by atoms with van der Waals surface area (Å²) >= 11 is 19.1. The first-order valence-corrected chi connectivity index (χ1v) is 34.7. The summed E-state index contributed by atoms with van der Waals surface area (Å²) in [5.41, 5.74) is 20.4. The average molecular weight is 1660 g/mol. The summed E-state index contributed by atoms with van der Waals surface area (Å²) in [5, 5.41) is 0.389. The van der Waals surface area contributed by atoms with Gasteiger partial charge in [-0.25, -0.2) is 18.3 Å². The standard InChI is InChI=1S/C45H50O10.C32H44N4.2CH2Cl2.2HI/c1-46-36-16-27-12-29-19-41(51-6)31(21-40(29)50-5)14-33-23-45(55-10)35(25-44(33)54-9)15-34-24-42(52-7)32(22-43(34)53-8)13-30-20-38(48-3)28(18-39(30)49-4)11-26(36)17-37(27)47-2;1-25-17-27(3)31(28(4)18-25)21-35-15-13-33(23-35)11-9-7-8-10-12-34-14-16-36(24-34)22-32-29(5)19-26(2)20-30(32)6;2*2-1-3;;/h16-25H,11-15H2,1-10H3;13-20,23-24H,7-12,21-22H2,1-6H3;2*1H2;2*1H/q;+2;;;;/p-2. The summed E-state index contributed by atoms with van der Waals surface area (Å²) in [7, 11) is 16.7. The van der Waals surface area contributed by atoms with Crippen molar-refractivity contribution in [1.82, 2.24) is 9.13 Å². The number of hydrogen-bond acceptors (Lipinski definition) is 10. The van der Waals surface area contributed by atoms with Crippen LogP contribution < -0.4 is 104 Å². The Kier molecular flexibility index (Phi) is 34.9. The van der Waals surface area contributed by atoms with Gasteiger partial charge in [0.15, 0.2) is 0 Å². The molecule has 0 saturated carbocycles. The molecule has 0 aliphatic heterocycles. The van der Waals surface area contributed by atoms with Crippen molar-refractivity contribution >= 4 is 46.4 Å². The summed E-state index contributed by atoms with van der Waals surface area (Å²) < 4.78 is 69.2. The number of unbranched alkanes of at least 4 members (excludes halogenated alkanes) is 3. The topological polar surface area (TPSA) is 110 Å². The molecule has 9 aromatic rings. The van der Waals surface area contributed by atoms with Crippen molar-refractivity contribution in [2.45, 2.75) is 126 Å². The van der Waals surface area contributed by atoms with Crippen LogP contribution in [0.1, 0.15) is 126 Å². The molecule has 536 valence electrons. The first-order chi connectivity index (χ1) is 46.8. The third kappa shape index (κ3) is 22.5. The summed E-state index contributed by atoms with van der Waals surface area (Å²) in [6.45, 7) is 17.4. The number of hydrogen-bond donors (Lipinski definition) is 0. The Labute approximate surface area is 642 Å². The van der Waals surface area contributed by atoms with Gasteiger partial charge in [-0.3, -0.25) is 0 Å². The van der Waals surface area contributed by atoms with Gasteiger partial charge in [-0.05, 0) is 161 Å². The molecule has 0 fully saturated rings. The minimum atomic E-state index is 0. The number of benzene rings is 7. The molecule has 14 nitrogen and oxygen atoms in total. The molecule has 0 N–H and O–H groups in total. The van der Waals surface area contributed by atoms with Crippen molar-refractivity contribution in [2.24, 2.45) is 0 Å². The number of imidazole rings is 2. The van der Waals surface area contributed by atoms with Crippen LogP contribution in [-0.2, 0) is 58.3 Å². The van der Waals surface area contributed by atoms with E-state index in [0.29, 0.717) is 32.1 Å². The SMILES string of the molecule is COc1cc2c(OC)cc1Cc1cc(OC)c(cc1OC)Cc1cc(OC)c(cc1OC)Cc1cc(OC)c(cc1OC)Cc1cc(OC)c(cc1OC)C2.Cc1cc(C)c(C[n+]2ccn(CCCCCCn3cc[n+](Cc4c(C)cc(C)cc4C)c3)c2)c(C)c1.ClCCl.ClCCl.[I-].[I-]. The zero-order valence-corrected chi connectivity index (χ0v) is 67.6. The van der Waals surface area contributed by atoms with Crippen molar-refractivity contribution < 1.29 is 104 Å². The molecule has 2 aromatic heterocycles. The maximum absolute atomic E-state index is 5.99. The van der Waals surface area contributed by atoms with E-state index in [1.54, 1.807) is 71.1 Å². The van der Waals surface area contributed by atoms with Gasteiger partial charge in [0.1, 0.15) is 95.4 Å². The molecular formula is C79H98Cl4I2N4O10. The molecule has 10 aliphatic carbocycles. The predicted molar refractivity (Wildman–Crippen MR) is 392 cm³/mol. The lowest BCUT2D eigenvalue weighted by Gasteiger charge is -2.20. The van der Waals surface area contributed by atoms with Crippen molar-refractivity contribution in [2.75, 3.05) is 81.8 Å². The molecule has 0 radical (unpaired) electrons. The molecule has 0 saturated heterocycles. The van der Waals surface area contributed by atoms with Crippen LogP contribution in [0.15, 0.2) is 122 Å². The Bertz CT molecular complexity index is 3410. The Hall–Kier alpha value is -6.42. The van der Waals surface area contributed by atoms with Crippen molar-refractivity contribution in [1.29, 1.82) is 0 Å². The molecule has 20 heteroatoms. The highest BCUT2D eigenvalue weighted by molar-refractivity contribution is 6.41. The van der Waals surface area contributed by atoms with Crippen molar-refractivity contribution in [3.8, 4) is 57.5 Å². The third-order valence-electron chi connectivity index (χ3n) is 17.8. The van der Waals surface area contributed by atoms with Crippen LogP contribution in [0.3, 0.4) is 0 Å². The smallest absolute Gasteiger partial charge is 0.244 e. The zero-order valence-electron chi connectivity index (χ0n) is 60.3. The molecular weight excluding hydrogens is 1560 g/mol. The van der Waals surface area contributed by atoms with Crippen LogP contribution in [0.4, 0.5) is 0 Å². The number of methoxy groups -OCH3 is 10. The molecule has 7 aromatic carbocycles. The Morgan fingerprint density at radius 3 is 0.657 bits per heavy atom. The summed E-state index contributed by atoms with van der Waals surface area (Å²) in [6, 6.07) is 29.4. The van der Waals surface area contributed by atoms with Crippen LogP contribution in [0.2, 0.25) is 0 Å². The van der Waals surface area contributed by atoms with Gasteiger partial charge < -0.3 is 95.3 Å². The van der Waals surface area contributed by atoms with Gasteiger partial charge in [-0.15, -0.1) is 46.4 Å². The van der Waals surface area contributed by atoms with E-state index in [9.17, 15) is 0 Å². The largest absolute Gasteiger partial charge is 1.00 e. The van der Waals surface area contributed by atoms with Crippen LogP contribution in [0.5, 0.6) is 57.5 Å². The number of nitrogens with zero attached hydrogens (tertiary/aromatic N) is 4. The van der Waals surface area contributed by atoms with Crippen LogP contribution in [-0.4, -0.2) is 90.9 Å². The Morgan fingerprint density at radius 2 is 0.485 bits per heavy atom. The molecule has 99 heavy (non-hydrogen) atoms. The molecule has 10 bridgehead atoms. The van der Waals surface area contributed by atoms with Gasteiger partial charge in [0, 0.05) is 87.7 Å². The number of alkyl halides is 4. The Morgan fingerprint density at radius 1 is 0.303 bits per heavy atom. The highest BCUT2D eigenvalue weighted by Crippen LogP contribution is 2.42. The minimum absolute atomic E-state index is 0. The summed E-state index contributed by atoms with van der Waals surface area (Å²) in [4.78, 5) is 0. The van der Waals surface area contributed by atoms with E-state index >= 15 is 0 Å². The maximum atomic E-state index is 5.99. The number of rotatable bonds is 21. The van der Waals surface area contributed by atoms with Gasteiger partial charge in [0.05, 0.1) is 94.9 Å². The van der Waals surface area contributed by atoms with Crippen LogP contribution in [0.25, 0.3) is 0 Å². The molecule has 19 rings (SSSR count). The maximum Gasteiger partial charge on any atom is 0.244 e. The average Bonchev–Trinajstić information content (AvgIpc) is 0.972. The monoisotopic (exact) mass is 1660 g/mol. The van der Waals surface area contributed by atoms with Crippen molar-refractivity contribution in [3.05, 3.63) is 223 Å². The number of aryl methyl sites for hydroxylation is 8. The molecule has 2 heterocycles. The first-order valence-electron chi connectivity index (χ1n) is 32.5. The molecule has 10 aliphatic rings. The highest BCUT2D eigenvalue weighted by atomic mass is 127. The van der Waals surface area contributed by atoms with Gasteiger partial charge in [0.2, 0.25) is 12.7 Å². The predicted octanol–water partition coefficient (Wildman–Crippen LogP) is 11.0. The van der Waals surface area contributed by atoms with E-state index in [-0.39, 0.29) is 58.6 Å². The fourth-order valence-corrected chi connectivity index (χ4v) is 13.1. The minimum Gasteiger partial charge on any atom is -1.00 e. The van der Waals surface area contributed by atoms with Gasteiger partial charge in [-0.1, -0.05) is 35.4 Å². The van der Waals surface area contributed by atoms with Crippen molar-refractivity contribution in [3.63, 3.8) is 0 Å². The number of ether oxygens (including phenoxy) is 10. The summed E-state index contributed by atoms with van der Waals surface area (Å²) in [5.74, 6) is 7.18. The normalized spacial score (nSPS) is 11.3. The lowest BCUT2D eigenvalue weighted by Crippen LogP contribution is -3.00. The fraction of sp³-hybridized carbons (Fsp3) is 0.392. The van der Waals surface area contributed by atoms with E-state index in [1.165, 1.54) is 70.2 Å². The van der Waals surface area contributed by atoms with E-state index in [4.69, 9.17) is 93.8 Å². The van der Waals surface area contributed by atoms with Crippen LogP contribution >= 0.6 is 46.4 Å². The van der Waals surface area contributed by atoms with Crippen LogP contribution in [0, 0.1) is 41.5 Å². The fourth-order valence-electron chi connectivity index (χ4n) is 13.1. The quantitative estimate of drug-likeness (QED) is 0.0299. The number of halogens is 6. The van der Waals surface area contributed by atoms with Gasteiger partial charge >= 0.3 is 0 Å². The third-order valence-corrected chi connectivity index (χ3v) is 17.8. The molecule has 0 unspecified atom stereocenters. The van der Waals surface area contributed by atoms with E-state index < -0.39 is 0 Å². The molecule has 0 atom stereocenters. The van der Waals surface area contributed by atoms with Gasteiger partial charge in [0.25, 0.3) is 0 Å². The zero-order chi connectivity index (χ0) is 70.3. The van der Waals surface area contributed by atoms with Gasteiger partial charge in [-0.2, -0.15) is 0 Å². The van der Waals surface area contributed by atoms with E-state index in [1.807, 2.05) is 60.7 Å². The second-order valence-electron chi connectivity index (χ2n) is 24.3. The lowest BCUT2D eigenvalue weighted by molar-refractivity contribution is -0.688. The molecule has 0 spiro atoms. The lowest BCUT2D eigenvalue weighted by atomic mass is 9.94. The second kappa shape index (κ2) is 41.5. The highest BCUT2D eigenvalue weighted by Gasteiger charge is 2.24. The first kappa shape index (κ1) is 83.2. The second-order valence-corrected chi connectivity index (χ2v) is 25.9. The van der Waals surface area contributed by atoms with E-state index in [2.05, 4.69) is 122 Å². The Balaban J connectivity index is 0.000000348.